The van der Waals surface area contributed by atoms with Gasteiger partial charge in [-0.3, -0.25) is 0 Å². The van der Waals surface area contributed by atoms with E-state index in [2.05, 4.69) is 0 Å². The van der Waals surface area contributed by atoms with Crippen molar-refractivity contribution in [3.05, 3.63) is 35.1 Å². The van der Waals surface area contributed by atoms with Crippen molar-refractivity contribution in [1.82, 2.24) is 0 Å². The molecule has 0 aliphatic carbocycles. The van der Waals surface area contributed by atoms with E-state index in [0.717, 1.165) is 6.07 Å². The Morgan fingerprint density at radius 1 is 1.31 bits per heavy atom. The smallest absolute Gasteiger partial charge is 0.394 e. The molecule has 1 atom stereocenters. The standard InChI is InChI=1S/C10H11F4NO/c1-9(15,5-16)6-2-3-8(11)7(4-6)10(12,13)14/h2-4,16H,5,15H2,1H3. The SMILES string of the molecule is CC(N)(CO)c1ccc(F)c(C(F)(F)F)c1. The summed E-state index contributed by atoms with van der Waals surface area (Å²) in [5.41, 5.74) is 2.89. The van der Waals surface area contributed by atoms with Crippen LogP contribution in [0, 0.1) is 5.82 Å². The first kappa shape index (κ1) is 12.9. The van der Waals surface area contributed by atoms with E-state index in [9.17, 15) is 17.6 Å². The van der Waals surface area contributed by atoms with Crippen molar-refractivity contribution in [3.8, 4) is 0 Å². The van der Waals surface area contributed by atoms with Crippen LogP contribution in [0.2, 0.25) is 0 Å². The fourth-order valence-electron chi connectivity index (χ4n) is 1.19. The molecular weight excluding hydrogens is 226 g/mol. The Labute approximate surface area is 89.7 Å². The lowest BCUT2D eigenvalue weighted by Gasteiger charge is -2.23. The van der Waals surface area contributed by atoms with E-state index < -0.39 is 29.7 Å². The number of aliphatic hydroxyl groups is 1. The van der Waals surface area contributed by atoms with Gasteiger partial charge in [0.1, 0.15) is 5.82 Å². The summed E-state index contributed by atoms with van der Waals surface area (Å²) in [6.07, 6.45) is -4.77. The van der Waals surface area contributed by atoms with Gasteiger partial charge in [0.15, 0.2) is 0 Å². The zero-order valence-corrected chi connectivity index (χ0v) is 8.48. The van der Waals surface area contributed by atoms with Crippen molar-refractivity contribution in [2.45, 2.75) is 18.6 Å². The second-order valence-corrected chi connectivity index (χ2v) is 3.77. The van der Waals surface area contributed by atoms with Crippen molar-refractivity contribution < 1.29 is 22.7 Å². The highest BCUT2D eigenvalue weighted by Gasteiger charge is 2.35. The number of alkyl halides is 3. The van der Waals surface area contributed by atoms with Gasteiger partial charge in [0.05, 0.1) is 17.7 Å². The number of rotatable bonds is 2. The first-order chi connectivity index (χ1) is 7.18. The molecular formula is C10H11F4NO. The van der Waals surface area contributed by atoms with E-state index >= 15 is 0 Å². The molecule has 1 aromatic carbocycles. The molecule has 0 aliphatic rings. The molecule has 1 rings (SSSR count). The van der Waals surface area contributed by atoms with E-state index in [1.165, 1.54) is 6.92 Å². The molecule has 1 unspecified atom stereocenters. The Balaban J connectivity index is 3.29. The van der Waals surface area contributed by atoms with E-state index in [0.29, 0.717) is 12.1 Å². The third-order valence-electron chi connectivity index (χ3n) is 2.26. The zero-order chi connectivity index (χ0) is 12.6. The summed E-state index contributed by atoms with van der Waals surface area (Å²) in [5, 5.41) is 8.91. The molecule has 0 saturated heterocycles. The molecule has 0 saturated carbocycles. The minimum atomic E-state index is -4.77. The van der Waals surface area contributed by atoms with Crippen LogP contribution < -0.4 is 5.73 Å². The molecule has 0 spiro atoms. The Morgan fingerprint density at radius 2 is 1.88 bits per heavy atom. The summed E-state index contributed by atoms with van der Waals surface area (Å²) in [7, 11) is 0. The first-order valence-corrected chi connectivity index (χ1v) is 4.45. The predicted molar refractivity (Wildman–Crippen MR) is 50.0 cm³/mol. The number of benzene rings is 1. The Bertz CT molecular complexity index is 387. The van der Waals surface area contributed by atoms with Crippen molar-refractivity contribution in [2.24, 2.45) is 5.73 Å². The van der Waals surface area contributed by atoms with Crippen molar-refractivity contribution >= 4 is 0 Å². The summed E-state index contributed by atoms with van der Waals surface area (Å²) in [6.45, 7) is 0.830. The largest absolute Gasteiger partial charge is 0.419 e. The lowest BCUT2D eigenvalue weighted by atomic mass is 9.92. The van der Waals surface area contributed by atoms with Crippen LogP contribution in [0.4, 0.5) is 17.6 Å². The molecule has 0 fully saturated rings. The van der Waals surface area contributed by atoms with Gasteiger partial charge in [-0.25, -0.2) is 4.39 Å². The lowest BCUT2D eigenvalue weighted by molar-refractivity contribution is -0.140. The van der Waals surface area contributed by atoms with Crippen molar-refractivity contribution in [1.29, 1.82) is 0 Å². The summed E-state index contributed by atoms with van der Waals surface area (Å²) < 4.78 is 50.1. The number of hydrogen-bond acceptors (Lipinski definition) is 2. The second kappa shape index (κ2) is 4.03. The van der Waals surface area contributed by atoms with Crippen LogP contribution in [-0.2, 0) is 11.7 Å². The van der Waals surface area contributed by atoms with Crippen LogP contribution in [0.5, 0.6) is 0 Å². The van der Waals surface area contributed by atoms with Gasteiger partial charge < -0.3 is 10.8 Å². The number of hydrogen-bond donors (Lipinski definition) is 2. The van der Waals surface area contributed by atoms with E-state index in [1.807, 2.05) is 0 Å². The molecule has 0 aliphatic heterocycles. The fraction of sp³-hybridized carbons (Fsp3) is 0.400. The van der Waals surface area contributed by atoms with Gasteiger partial charge in [-0.15, -0.1) is 0 Å². The number of nitrogens with two attached hydrogens (primary N) is 1. The maximum absolute atomic E-state index is 12.9. The van der Waals surface area contributed by atoms with Gasteiger partial charge >= 0.3 is 6.18 Å². The van der Waals surface area contributed by atoms with Crippen LogP contribution in [0.15, 0.2) is 18.2 Å². The predicted octanol–water partition coefficient (Wildman–Crippen LogP) is 2.01. The molecule has 0 amide bonds. The Morgan fingerprint density at radius 3 is 2.31 bits per heavy atom. The van der Waals surface area contributed by atoms with Crippen molar-refractivity contribution in [3.63, 3.8) is 0 Å². The third-order valence-corrected chi connectivity index (χ3v) is 2.26. The maximum Gasteiger partial charge on any atom is 0.419 e. The maximum atomic E-state index is 12.9. The Hall–Kier alpha value is -1.14. The van der Waals surface area contributed by atoms with Gasteiger partial charge in [-0.05, 0) is 24.6 Å². The highest BCUT2D eigenvalue weighted by atomic mass is 19.4. The zero-order valence-electron chi connectivity index (χ0n) is 8.48. The fourth-order valence-corrected chi connectivity index (χ4v) is 1.19. The van der Waals surface area contributed by atoms with E-state index in [-0.39, 0.29) is 5.56 Å². The van der Waals surface area contributed by atoms with Crippen LogP contribution in [0.25, 0.3) is 0 Å². The van der Waals surface area contributed by atoms with Gasteiger partial charge in [-0.2, -0.15) is 13.2 Å². The number of aliphatic hydroxyl groups excluding tert-OH is 1. The van der Waals surface area contributed by atoms with Crippen molar-refractivity contribution in [2.75, 3.05) is 6.61 Å². The van der Waals surface area contributed by atoms with Crippen LogP contribution in [0.1, 0.15) is 18.1 Å². The first-order valence-electron chi connectivity index (χ1n) is 4.45. The minimum Gasteiger partial charge on any atom is -0.394 e. The normalized spacial score (nSPS) is 15.9. The lowest BCUT2D eigenvalue weighted by Crippen LogP contribution is -2.37. The van der Waals surface area contributed by atoms with E-state index in [4.69, 9.17) is 10.8 Å². The highest BCUT2D eigenvalue weighted by molar-refractivity contribution is 5.31. The summed E-state index contributed by atoms with van der Waals surface area (Å²) in [5.74, 6) is -1.36. The average molecular weight is 237 g/mol. The highest BCUT2D eigenvalue weighted by Crippen LogP contribution is 2.33. The van der Waals surface area contributed by atoms with Gasteiger partial charge in [0, 0.05) is 0 Å². The molecule has 6 heteroatoms. The molecule has 16 heavy (non-hydrogen) atoms. The summed E-state index contributed by atoms with van der Waals surface area (Å²) >= 11 is 0. The van der Waals surface area contributed by atoms with Crippen LogP contribution in [-0.4, -0.2) is 11.7 Å². The topological polar surface area (TPSA) is 46.2 Å². The number of halogens is 4. The molecule has 0 bridgehead atoms. The quantitative estimate of drug-likeness (QED) is 0.773. The van der Waals surface area contributed by atoms with Crippen LogP contribution in [0.3, 0.4) is 0 Å². The minimum absolute atomic E-state index is 0.0312. The average Bonchev–Trinajstić information content (AvgIpc) is 2.16. The second-order valence-electron chi connectivity index (χ2n) is 3.77. The summed E-state index contributed by atoms with van der Waals surface area (Å²) in [6, 6.07) is 2.44. The monoisotopic (exact) mass is 237 g/mol. The molecule has 2 nitrogen and oxygen atoms in total. The Kier molecular flexibility index (Phi) is 3.25. The molecule has 1 aromatic rings. The molecule has 0 aromatic heterocycles. The van der Waals surface area contributed by atoms with E-state index in [1.54, 1.807) is 0 Å². The molecule has 0 heterocycles. The van der Waals surface area contributed by atoms with Gasteiger partial charge in [-0.1, -0.05) is 6.07 Å². The van der Waals surface area contributed by atoms with Crippen LogP contribution >= 0.6 is 0 Å². The third kappa shape index (κ3) is 2.51. The van der Waals surface area contributed by atoms with Gasteiger partial charge in [0.25, 0.3) is 0 Å². The summed E-state index contributed by atoms with van der Waals surface area (Å²) in [4.78, 5) is 0. The molecule has 0 radical (unpaired) electrons. The van der Waals surface area contributed by atoms with Gasteiger partial charge in [0.2, 0.25) is 0 Å². The molecule has 3 N–H and O–H groups in total. The molecule has 90 valence electrons.